The predicted molar refractivity (Wildman–Crippen MR) is 116 cm³/mol. The first-order valence-corrected chi connectivity index (χ1v) is 9.46. The van der Waals surface area contributed by atoms with Gasteiger partial charge in [0.1, 0.15) is 12.8 Å². The van der Waals surface area contributed by atoms with E-state index in [0.717, 1.165) is 17.3 Å². The molecule has 30 heavy (non-hydrogen) atoms. The minimum Gasteiger partial charge on any atom is -0.493 e. The van der Waals surface area contributed by atoms with Crippen LogP contribution in [0.1, 0.15) is 37.5 Å². The summed E-state index contributed by atoms with van der Waals surface area (Å²) in [6, 6.07) is 13.9. The van der Waals surface area contributed by atoms with Crippen molar-refractivity contribution in [3.05, 3.63) is 75.7 Å². The molecule has 0 atom stereocenters. The summed E-state index contributed by atoms with van der Waals surface area (Å²) in [6.07, 6.45) is 2.65. The van der Waals surface area contributed by atoms with E-state index in [9.17, 15) is 4.79 Å². The molecule has 1 heterocycles. The van der Waals surface area contributed by atoms with E-state index in [1.165, 1.54) is 5.56 Å². The molecule has 3 aromatic rings. The summed E-state index contributed by atoms with van der Waals surface area (Å²) in [5, 5.41) is 11.3. The molecule has 8 heteroatoms. The standard InChI is InChI=1S/C22H25N5O3/c1-22(2,3)17-8-5-15(6-9-17)14-30-18-10-7-16(11-19(18)29-4)12-23-26-21-25-20(28)13-24-27-21/h5-13H,14H2,1-4H3,(H2,25,26,27,28)/b23-12+. The first-order valence-electron chi connectivity index (χ1n) is 9.46. The Morgan fingerprint density at radius 3 is 2.57 bits per heavy atom. The Morgan fingerprint density at radius 2 is 1.90 bits per heavy atom. The minimum absolute atomic E-state index is 0.122. The van der Waals surface area contributed by atoms with Gasteiger partial charge in [-0.05, 0) is 40.3 Å². The van der Waals surface area contributed by atoms with Crippen molar-refractivity contribution in [1.29, 1.82) is 0 Å². The van der Waals surface area contributed by atoms with Crippen molar-refractivity contribution in [2.75, 3.05) is 12.5 Å². The van der Waals surface area contributed by atoms with Gasteiger partial charge in [0.25, 0.3) is 5.56 Å². The Labute approximate surface area is 175 Å². The van der Waals surface area contributed by atoms with E-state index in [1.54, 1.807) is 13.3 Å². The Morgan fingerprint density at radius 1 is 1.13 bits per heavy atom. The maximum atomic E-state index is 11.2. The molecule has 2 N–H and O–H groups in total. The lowest BCUT2D eigenvalue weighted by Gasteiger charge is -2.19. The van der Waals surface area contributed by atoms with Crippen LogP contribution in [-0.4, -0.2) is 28.5 Å². The van der Waals surface area contributed by atoms with Gasteiger partial charge in [-0.3, -0.25) is 9.78 Å². The number of aromatic nitrogens is 3. The molecule has 0 aliphatic rings. The SMILES string of the molecule is COc1cc(/C=N/Nc2nncc(=O)[nH]2)ccc1OCc1ccc(C(C)(C)C)cc1. The van der Waals surface area contributed by atoms with Crippen LogP contribution in [0.15, 0.2) is 58.6 Å². The number of rotatable bonds is 7. The van der Waals surface area contributed by atoms with E-state index in [2.05, 4.69) is 70.7 Å². The zero-order chi connectivity index (χ0) is 21.6. The summed E-state index contributed by atoms with van der Waals surface area (Å²) < 4.78 is 11.4. The zero-order valence-corrected chi connectivity index (χ0v) is 17.5. The molecule has 2 aromatic carbocycles. The molecule has 0 amide bonds. The van der Waals surface area contributed by atoms with Crippen LogP contribution in [0.25, 0.3) is 0 Å². The van der Waals surface area contributed by atoms with Crippen LogP contribution in [-0.2, 0) is 12.0 Å². The number of methoxy groups -OCH3 is 1. The molecular weight excluding hydrogens is 382 g/mol. The normalized spacial score (nSPS) is 11.5. The third-order valence-corrected chi connectivity index (χ3v) is 4.36. The topological polar surface area (TPSA) is 101 Å². The van der Waals surface area contributed by atoms with Gasteiger partial charge in [-0.2, -0.15) is 5.10 Å². The molecular formula is C22H25N5O3. The van der Waals surface area contributed by atoms with Crippen LogP contribution in [0.2, 0.25) is 0 Å². The zero-order valence-electron chi connectivity index (χ0n) is 17.5. The van der Waals surface area contributed by atoms with Crippen LogP contribution in [0, 0.1) is 0 Å². The van der Waals surface area contributed by atoms with Crippen molar-refractivity contribution in [2.45, 2.75) is 32.8 Å². The van der Waals surface area contributed by atoms with E-state index in [4.69, 9.17) is 9.47 Å². The Bertz CT molecular complexity index is 1070. The number of anilines is 1. The van der Waals surface area contributed by atoms with Crippen LogP contribution in [0.3, 0.4) is 0 Å². The summed E-state index contributed by atoms with van der Waals surface area (Å²) in [5.74, 6) is 1.39. The van der Waals surface area contributed by atoms with Crippen molar-refractivity contribution < 1.29 is 9.47 Å². The molecule has 0 aliphatic heterocycles. The summed E-state index contributed by atoms with van der Waals surface area (Å²) in [7, 11) is 1.59. The van der Waals surface area contributed by atoms with E-state index >= 15 is 0 Å². The van der Waals surface area contributed by atoms with Crippen LogP contribution >= 0.6 is 0 Å². The third-order valence-electron chi connectivity index (χ3n) is 4.36. The van der Waals surface area contributed by atoms with Crippen LogP contribution < -0.4 is 20.5 Å². The van der Waals surface area contributed by atoms with E-state index in [1.807, 2.05) is 18.2 Å². The first kappa shape index (κ1) is 21.0. The van der Waals surface area contributed by atoms with Gasteiger partial charge in [0.05, 0.1) is 13.3 Å². The fourth-order valence-electron chi connectivity index (χ4n) is 2.68. The number of nitrogens with one attached hydrogen (secondary N) is 2. The van der Waals surface area contributed by atoms with Crippen molar-refractivity contribution in [3.63, 3.8) is 0 Å². The van der Waals surface area contributed by atoms with E-state index < -0.39 is 0 Å². The van der Waals surface area contributed by atoms with Crippen molar-refractivity contribution >= 4 is 12.2 Å². The fourth-order valence-corrected chi connectivity index (χ4v) is 2.68. The van der Waals surface area contributed by atoms with Gasteiger partial charge in [0, 0.05) is 0 Å². The summed E-state index contributed by atoms with van der Waals surface area (Å²) >= 11 is 0. The second-order valence-electron chi connectivity index (χ2n) is 7.70. The largest absolute Gasteiger partial charge is 0.493 e. The summed E-state index contributed by atoms with van der Waals surface area (Å²) in [6.45, 7) is 7.01. The molecule has 0 saturated heterocycles. The van der Waals surface area contributed by atoms with Crippen LogP contribution in [0.5, 0.6) is 11.5 Å². The maximum absolute atomic E-state index is 11.2. The number of aromatic amines is 1. The van der Waals surface area contributed by atoms with Crippen molar-refractivity contribution in [3.8, 4) is 11.5 Å². The van der Waals surface area contributed by atoms with Gasteiger partial charge in [-0.25, -0.2) is 5.43 Å². The average Bonchev–Trinajstić information content (AvgIpc) is 2.72. The van der Waals surface area contributed by atoms with Gasteiger partial charge in [0.15, 0.2) is 11.5 Å². The number of ether oxygens (including phenoxy) is 2. The predicted octanol–water partition coefficient (Wildman–Crippen LogP) is 3.50. The minimum atomic E-state index is -0.362. The molecule has 0 aliphatic carbocycles. The number of hydrogen-bond donors (Lipinski definition) is 2. The molecule has 0 radical (unpaired) electrons. The summed E-state index contributed by atoms with van der Waals surface area (Å²) in [5.41, 5.74) is 5.53. The van der Waals surface area contributed by atoms with Gasteiger partial charge in [-0.1, -0.05) is 45.0 Å². The molecule has 8 nitrogen and oxygen atoms in total. The lowest BCUT2D eigenvalue weighted by molar-refractivity contribution is 0.284. The molecule has 0 unspecified atom stereocenters. The van der Waals surface area contributed by atoms with Gasteiger partial charge in [0.2, 0.25) is 5.95 Å². The molecule has 156 valence electrons. The molecule has 0 bridgehead atoms. The third kappa shape index (κ3) is 5.66. The molecule has 3 rings (SSSR count). The summed E-state index contributed by atoms with van der Waals surface area (Å²) in [4.78, 5) is 13.7. The number of hydrazone groups is 1. The Hall–Kier alpha value is -3.68. The number of nitrogens with zero attached hydrogens (tertiary/aromatic N) is 3. The molecule has 0 saturated carbocycles. The van der Waals surface area contributed by atoms with E-state index in [0.29, 0.717) is 18.1 Å². The van der Waals surface area contributed by atoms with Gasteiger partial charge in [-0.15, -0.1) is 10.2 Å². The van der Waals surface area contributed by atoms with Crippen molar-refractivity contribution in [1.82, 2.24) is 15.2 Å². The second kappa shape index (κ2) is 9.21. The Kier molecular flexibility index (Phi) is 6.46. The highest BCUT2D eigenvalue weighted by molar-refractivity contribution is 5.81. The van der Waals surface area contributed by atoms with Crippen molar-refractivity contribution in [2.24, 2.45) is 5.10 Å². The monoisotopic (exact) mass is 407 g/mol. The quantitative estimate of drug-likeness (QED) is 0.459. The molecule has 1 aromatic heterocycles. The lowest BCUT2D eigenvalue weighted by atomic mass is 9.87. The number of H-pyrrole nitrogens is 1. The molecule has 0 spiro atoms. The van der Waals surface area contributed by atoms with Crippen LogP contribution in [0.4, 0.5) is 5.95 Å². The second-order valence-corrected chi connectivity index (χ2v) is 7.70. The fraction of sp³-hybridized carbons (Fsp3) is 0.273. The highest BCUT2D eigenvalue weighted by Crippen LogP contribution is 2.29. The molecule has 0 fully saturated rings. The Balaban J connectivity index is 1.63. The smallest absolute Gasteiger partial charge is 0.271 e. The average molecular weight is 407 g/mol. The number of benzene rings is 2. The lowest BCUT2D eigenvalue weighted by Crippen LogP contribution is -2.10. The highest BCUT2D eigenvalue weighted by atomic mass is 16.5. The first-order chi connectivity index (χ1) is 14.3. The number of hydrogen-bond acceptors (Lipinski definition) is 7. The van der Waals surface area contributed by atoms with Gasteiger partial charge < -0.3 is 9.47 Å². The van der Waals surface area contributed by atoms with E-state index in [-0.39, 0.29) is 16.9 Å². The van der Waals surface area contributed by atoms with Gasteiger partial charge >= 0.3 is 0 Å². The highest BCUT2D eigenvalue weighted by Gasteiger charge is 2.13. The maximum Gasteiger partial charge on any atom is 0.271 e.